The molecule has 8 nitrogen and oxygen atoms in total. The van der Waals surface area contributed by atoms with Crippen LogP contribution < -0.4 is 10.4 Å². The highest BCUT2D eigenvalue weighted by atomic mass is 16.6. The van der Waals surface area contributed by atoms with Gasteiger partial charge in [-0.25, -0.2) is 9.59 Å². The summed E-state index contributed by atoms with van der Waals surface area (Å²) >= 11 is 0. The molecule has 1 aromatic heterocycles. The molecule has 2 aromatic carbocycles. The maximum absolute atomic E-state index is 11.8. The van der Waals surface area contributed by atoms with Gasteiger partial charge in [-0.1, -0.05) is 12.1 Å². The van der Waals surface area contributed by atoms with Crippen molar-refractivity contribution in [3.8, 4) is 5.75 Å². The third-order valence-corrected chi connectivity index (χ3v) is 3.95. The molecule has 0 radical (unpaired) electrons. The third-order valence-electron chi connectivity index (χ3n) is 3.95. The van der Waals surface area contributed by atoms with Crippen molar-refractivity contribution < 1.29 is 23.6 Å². The largest absolute Gasteiger partial charge is 0.482 e. The molecule has 3 aromatic rings. The second-order valence-electron chi connectivity index (χ2n) is 5.81. The van der Waals surface area contributed by atoms with Gasteiger partial charge < -0.3 is 13.9 Å². The van der Waals surface area contributed by atoms with Crippen LogP contribution in [-0.4, -0.2) is 18.0 Å². The van der Waals surface area contributed by atoms with Crippen molar-refractivity contribution in [2.24, 2.45) is 0 Å². The third kappa shape index (κ3) is 3.79. The highest BCUT2D eigenvalue weighted by Gasteiger charge is 2.19. The van der Waals surface area contributed by atoms with E-state index in [1.165, 1.54) is 31.4 Å². The lowest BCUT2D eigenvalue weighted by atomic mass is 10.1. The van der Waals surface area contributed by atoms with Gasteiger partial charge in [0.05, 0.1) is 17.6 Å². The number of aryl methyl sites for hydroxylation is 1. The van der Waals surface area contributed by atoms with Gasteiger partial charge in [0.2, 0.25) is 0 Å². The van der Waals surface area contributed by atoms with Crippen molar-refractivity contribution in [2.45, 2.75) is 13.5 Å². The molecule has 1 heterocycles. The van der Waals surface area contributed by atoms with Gasteiger partial charge in [-0.15, -0.1) is 0 Å². The van der Waals surface area contributed by atoms with E-state index in [0.717, 1.165) is 5.56 Å². The first-order chi connectivity index (χ1) is 12.9. The van der Waals surface area contributed by atoms with Crippen LogP contribution in [0.5, 0.6) is 5.75 Å². The van der Waals surface area contributed by atoms with Crippen LogP contribution in [0.4, 0.5) is 5.69 Å². The second kappa shape index (κ2) is 7.28. The zero-order chi connectivity index (χ0) is 19.6. The highest BCUT2D eigenvalue weighted by Crippen LogP contribution is 2.30. The van der Waals surface area contributed by atoms with Gasteiger partial charge in [-0.05, 0) is 24.6 Å². The number of carbonyl (C=O) groups excluding carboxylic acids is 1. The predicted octanol–water partition coefficient (Wildman–Crippen LogP) is 3.38. The summed E-state index contributed by atoms with van der Waals surface area (Å²) in [4.78, 5) is 34.1. The van der Waals surface area contributed by atoms with E-state index in [-0.39, 0.29) is 23.6 Å². The summed E-state index contributed by atoms with van der Waals surface area (Å²) in [5, 5.41) is 11.9. The van der Waals surface area contributed by atoms with Crippen molar-refractivity contribution >= 4 is 22.6 Å². The Labute approximate surface area is 153 Å². The molecular formula is C19H15NO7. The molecule has 3 rings (SSSR count). The summed E-state index contributed by atoms with van der Waals surface area (Å²) in [6.07, 6.45) is 0. The number of nitro groups is 1. The summed E-state index contributed by atoms with van der Waals surface area (Å²) < 4.78 is 15.4. The molecule has 0 bridgehead atoms. The quantitative estimate of drug-likeness (QED) is 0.293. The number of hydrogen-bond donors (Lipinski definition) is 0. The van der Waals surface area contributed by atoms with E-state index in [1.54, 1.807) is 12.1 Å². The van der Waals surface area contributed by atoms with E-state index in [9.17, 15) is 19.7 Å². The molecule has 8 heteroatoms. The Hall–Kier alpha value is -3.68. The van der Waals surface area contributed by atoms with Gasteiger partial charge in [0.15, 0.2) is 5.75 Å². The number of carbonyl (C=O) groups is 1. The van der Waals surface area contributed by atoms with Crippen molar-refractivity contribution in [1.82, 2.24) is 0 Å². The number of nitrogens with zero attached hydrogens (tertiary/aromatic N) is 1. The average Bonchev–Trinajstić information content (AvgIpc) is 2.64. The average molecular weight is 369 g/mol. The van der Waals surface area contributed by atoms with Crippen molar-refractivity contribution in [2.75, 3.05) is 7.11 Å². The first-order valence-corrected chi connectivity index (χ1v) is 7.92. The maximum atomic E-state index is 11.8. The van der Waals surface area contributed by atoms with Crippen LogP contribution in [0.15, 0.2) is 51.7 Å². The monoisotopic (exact) mass is 369 g/mol. The number of fused-ring (bicyclic) bond motifs is 1. The predicted molar refractivity (Wildman–Crippen MR) is 96.0 cm³/mol. The molecule has 0 aliphatic rings. The molecule has 0 aliphatic carbocycles. The van der Waals surface area contributed by atoms with Gasteiger partial charge in [-0.3, -0.25) is 10.1 Å². The fraction of sp³-hybridized carbons (Fsp3) is 0.158. The fourth-order valence-electron chi connectivity index (χ4n) is 2.64. The Balaban J connectivity index is 1.99. The number of nitro benzene ring substituents is 1. The second-order valence-corrected chi connectivity index (χ2v) is 5.81. The van der Waals surface area contributed by atoms with Crippen LogP contribution in [0, 0.1) is 17.0 Å². The summed E-state index contributed by atoms with van der Waals surface area (Å²) in [6, 6.07) is 10.3. The lowest BCUT2D eigenvalue weighted by Crippen LogP contribution is -2.07. The molecule has 0 amide bonds. The van der Waals surface area contributed by atoms with Gasteiger partial charge in [0.1, 0.15) is 12.2 Å². The van der Waals surface area contributed by atoms with Gasteiger partial charge in [0, 0.05) is 29.1 Å². The number of hydrogen-bond acceptors (Lipinski definition) is 7. The highest BCUT2D eigenvalue weighted by molar-refractivity contribution is 5.90. The molecule has 0 spiro atoms. The zero-order valence-corrected chi connectivity index (χ0v) is 14.6. The topological polar surface area (TPSA) is 109 Å². The molecule has 0 unspecified atom stereocenters. The van der Waals surface area contributed by atoms with Crippen LogP contribution in [0.2, 0.25) is 0 Å². The Morgan fingerprint density at radius 1 is 1.19 bits per heavy atom. The molecule has 0 saturated carbocycles. The lowest BCUT2D eigenvalue weighted by Gasteiger charge is -2.10. The molecule has 0 saturated heterocycles. The van der Waals surface area contributed by atoms with Crippen LogP contribution in [0.1, 0.15) is 21.5 Å². The van der Waals surface area contributed by atoms with Gasteiger partial charge in [-0.2, -0.15) is 0 Å². The van der Waals surface area contributed by atoms with E-state index < -0.39 is 16.5 Å². The van der Waals surface area contributed by atoms with E-state index in [0.29, 0.717) is 16.5 Å². The molecule has 138 valence electrons. The van der Waals surface area contributed by atoms with Gasteiger partial charge >= 0.3 is 17.3 Å². The van der Waals surface area contributed by atoms with E-state index in [1.807, 2.05) is 13.0 Å². The summed E-state index contributed by atoms with van der Waals surface area (Å²) in [5.74, 6) is -0.743. The van der Waals surface area contributed by atoms with Crippen LogP contribution in [-0.2, 0) is 11.3 Å². The van der Waals surface area contributed by atoms with Crippen molar-refractivity contribution in [3.63, 3.8) is 0 Å². The number of rotatable bonds is 5. The number of methoxy groups -OCH3 is 1. The van der Waals surface area contributed by atoms with Crippen LogP contribution in [0.25, 0.3) is 11.0 Å². The minimum atomic E-state index is -0.643. The molecule has 0 aliphatic heterocycles. The molecular weight excluding hydrogens is 354 g/mol. The number of esters is 1. The van der Waals surface area contributed by atoms with Crippen molar-refractivity contribution in [3.05, 3.63) is 79.7 Å². The minimum Gasteiger partial charge on any atom is -0.482 e. The van der Waals surface area contributed by atoms with Crippen LogP contribution in [0.3, 0.4) is 0 Å². The smallest absolute Gasteiger partial charge is 0.337 e. The first-order valence-electron chi connectivity index (χ1n) is 7.92. The van der Waals surface area contributed by atoms with Crippen LogP contribution >= 0.6 is 0 Å². The minimum absolute atomic E-state index is 0.101. The molecule has 27 heavy (non-hydrogen) atoms. The Kier molecular flexibility index (Phi) is 4.89. The number of benzene rings is 2. The molecule has 0 fully saturated rings. The normalized spacial score (nSPS) is 10.6. The molecule has 0 atom stereocenters. The Morgan fingerprint density at radius 2 is 1.96 bits per heavy atom. The van der Waals surface area contributed by atoms with E-state index in [4.69, 9.17) is 9.15 Å². The lowest BCUT2D eigenvalue weighted by molar-refractivity contribution is -0.385. The standard InChI is InChI=1S/C19H15NO7/c1-11-3-5-14-13(9-18(21)27-16(14)7-11)10-26-17-8-12(19(22)25-2)4-6-15(17)20(23)24/h3-9H,10H2,1-2H3. The SMILES string of the molecule is COC(=O)c1ccc([N+](=O)[O-])c(OCc2cc(=O)oc3cc(C)ccc23)c1. The Bertz CT molecular complexity index is 1100. The first kappa shape index (κ1) is 18.1. The van der Waals surface area contributed by atoms with Gasteiger partial charge in [0.25, 0.3) is 0 Å². The zero-order valence-electron chi connectivity index (χ0n) is 14.6. The Morgan fingerprint density at radius 3 is 2.67 bits per heavy atom. The van der Waals surface area contributed by atoms with E-state index in [2.05, 4.69) is 4.74 Å². The fourth-order valence-corrected chi connectivity index (χ4v) is 2.64. The summed E-state index contributed by atoms with van der Waals surface area (Å²) in [5.41, 5.74) is 1.10. The number of ether oxygens (including phenoxy) is 2. The summed E-state index contributed by atoms with van der Waals surface area (Å²) in [6.45, 7) is 1.75. The molecule has 0 N–H and O–H groups in total. The van der Waals surface area contributed by atoms with E-state index >= 15 is 0 Å². The summed E-state index contributed by atoms with van der Waals surface area (Å²) in [7, 11) is 1.21. The maximum Gasteiger partial charge on any atom is 0.337 e. The van der Waals surface area contributed by atoms with Crippen molar-refractivity contribution in [1.29, 1.82) is 0 Å².